The molecule has 1 fully saturated rings. The summed E-state index contributed by atoms with van der Waals surface area (Å²) in [5, 5.41) is 9.07. The van der Waals surface area contributed by atoms with E-state index < -0.39 is 17.7 Å². The van der Waals surface area contributed by atoms with Crippen LogP contribution in [0.3, 0.4) is 0 Å². The van der Waals surface area contributed by atoms with Gasteiger partial charge in [0, 0.05) is 31.8 Å². The van der Waals surface area contributed by atoms with E-state index in [9.17, 15) is 9.59 Å². The van der Waals surface area contributed by atoms with Gasteiger partial charge in [0.2, 0.25) is 0 Å². The molecule has 0 aromatic heterocycles. The molecule has 0 aliphatic carbocycles. The van der Waals surface area contributed by atoms with Crippen molar-refractivity contribution >= 4 is 12.1 Å². The first kappa shape index (κ1) is 18.8. The Balaban J connectivity index is 2.01. The second-order valence-corrected chi connectivity index (χ2v) is 7.15. The molecular weight excluding hydrogens is 320 g/mol. The Hall–Kier alpha value is -2.55. The van der Waals surface area contributed by atoms with E-state index >= 15 is 0 Å². The summed E-state index contributed by atoms with van der Waals surface area (Å²) < 4.78 is 11.0. The lowest BCUT2D eigenvalue weighted by Gasteiger charge is -2.37. The number of nitrogens with zero attached hydrogens (tertiary/aromatic N) is 2. The van der Waals surface area contributed by atoms with Crippen molar-refractivity contribution in [1.29, 1.82) is 5.26 Å². The van der Waals surface area contributed by atoms with Crippen molar-refractivity contribution in [2.45, 2.75) is 45.3 Å². The zero-order chi connectivity index (χ0) is 18.4. The number of esters is 1. The van der Waals surface area contributed by atoms with Crippen molar-refractivity contribution in [3.8, 4) is 6.07 Å². The molecule has 0 N–H and O–H groups in total. The Bertz CT molecular complexity index is 646. The van der Waals surface area contributed by atoms with Crippen molar-refractivity contribution in [2.24, 2.45) is 5.92 Å². The molecule has 2 atom stereocenters. The molecule has 0 radical (unpaired) electrons. The van der Waals surface area contributed by atoms with Crippen LogP contribution < -0.4 is 0 Å². The third-order valence-corrected chi connectivity index (χ3v) is 3.94. The molecule has 2 rings (SSSR count). The lowest BCUT2D eigenvalue weighted by atomic mass is 9.92. The first-order valence-electron chi connectivity index (χ1n) is 8.41. The van der Waals surface area contributed by atoms with Crippen molar-refractivity contribution in [2.75, 3.05) is 13.1 Å². The maximum atomic E-state index is 12.3. The van der Waals surface area contributed by atoms with Crippen LogP contribution in [0, 0.1) is 17.2 Å². The molecule has 0 unspecified atom stereocenters. The molecule has 6 heteroatoms. The molecule has 1 aliphatic rings. The lowest BCUT2D eigenvalue weighted by molar-refractivity contribution is -0.0243. The molecule has 0 spiro atoms. The SMILES string of the molecule is CC(C)(C)OC(=O)N1CC[C@@H](OC(=O)c2ccccc2)[C@H](CC#N)C1. The fourth-order valence-corrected chi connectivity index (χ4v) is 2.75. The molecule has 1 saturated heterocycles. The van der Waals surface area contributed by atoms with Crippen LogP contribution >= 0.6 is 0 Å². The van der Waals surface area contributed by atoms with E-state index in [-0.39, 0.29) is 18.4 Å². The summed E-state index contributed by atoms with van der Waals surface area (Å²) >= 11 is 0. The Morgan fingerprint density at radius 1 is 1.28 bits per heavy atom. The van der Waals surface area contributed by atoms with Crippen LogP contribution in [0.2, 0.25) is 0 Å². The first-order valence-corrected chi connectivity index (χ1v) is 8.41. The number of benzene rings is 1. The number of hydrogen-bond acceptors (Lipinski definition) is 5. The van der Waals surface area contributed by atoms with E-state index in [1.165, 1.54) is 0 Å². The molecule has 1 heterocycles. The van der Waals surface area contributed by atoms with E-state index in [2.05, 4.69) is 6.07 Å². The van der Waals surface area contributed by atoms with Crippen molar-refractivity contribution < 1.29 is 19.1 Å². The number of carbonyl (C=O) groups excluding carboxylic acids is 2. The fraction of sp³-hybridized carbons (Fsp3) is 0.526. The number of piperidine rings is 1. The van der Waals surface area contributed by atoms with E-state index in [1.807, 2.05) is 26.8 Å². The predicted octanol–water partition coefficient (Wildman–Crippen LogP) is 3.38. The molecular formula is C19H24N2O4. The Morgan fingerprint density at radius 3 is 2.56 bits per heavy atom. The second-order valence-electron chi connectivity index (χ2n) is 7.15. The number of rotatable bonds is 3. The standard InChI is InChI=1S/C19H24N2O4/c1-19(2,3)25-18(23)21-12-10-16(15(13-21)9-11-20)24-17(22)14-7-5-4-6-8-14/h4-8,15-16H,9-10,12-13H2,1-3H3/t15-,16-/m1/s1. The molecule has 0 bridgehead atoms. The molecule has 6 nitrogen and oxygen atoms in total. The number of ether oxygens (including phenoxy) is 2. The van der Waals surface area contributed by atoms with E-state index in [4.69, 9.17) is 14.7 Å². The Labute approximate surface area is 148 Å². The second kappa shape index (κ2) is 8.02. The van der Waals surface area contributed by atoms with Crippen LogP contribution in [0.25, 0.3) is 0 Å². The Kier molecular flexibility index (Phi) is 6.02. The fourth-order valence-electron chi connectivity index (χ4n) is 2.75. The average molecular weight is 344 g/mol. The van der Waals surface area contributed by atoms with Gasteiger partial charge in [0.05, 0.1) is 11.6 Å². The monoisotopic (exact) mass is 344 g/mol. The van der Waals surface area contributed by atoms with Gasteiger partial charge in [0.25, 0.3) is 0 Å². The van der Waals surface area contributed by atoms with Crippen LogP contribution in [0.15, 0.2) is 30.3 Å². The summed E-state index contributed by atoms with van der Waals surface area (Å²) in [7, 11) is 0. The third-order valence-electron chi connectivity index (χ3n) is 3.94. The highest BCUT2D eigenvalue weighted by Gasteiger charge is 2.35. The summed E-state index contributed by atoms with van der Waals surface area (Å²) in [5.74, 6) is -0.627. The summed E-state index contributed by atoms with van der Waals surface area (Å²) in [5.41, 5.74) is -0.0916. The highest BCUT2D eigenvalue weighted by atomic mass is 16.6. The van der Waals surface area contributed by atoms with Gasteiger partial charge in [-0.2, -0.15) is 5.26 Å². The molecule has 1 aromatic carbocycles. The van der Waals surface area contributed by atoms with Crippen molar-refractivity contribution in [3.05, 3.63) is 35.9 Å². The summed E-state index contributed by atoms with van der Waals surface area (Å²) in [6.07, 6.45) is -0.0785. The van der Waals surface area contributed by atoms with Gasteiger partial charge < -0.3 is 14.4 Å². The summed E-state index contributed by atoms with van der Waals surface area (Å²) in [6, 6.07) is 10.9. The van der Waals surface area contributed by atoms with Crippen molar-refractivity contribution in [1.82, 2.24) is 4.90 Å². The molecule has 1 aliphatic heterocycles. The Morgan fingerprint density at radius 2 is 1.96 bits per heavy atom. The molecule has 134 valence electrons. The van der Waals surface area contributed by atoms with Gasteiger partial charge in [-0.3, -0.25) is 0 Å². The van der Waals surface area contributed by atoms with Gasteiger partial charge in [-0.05, 0) is 32.9 Å². The smallest absolute Gasteiger partial charge is 0.410 e. The summed E-state index contributed by atoms with van der Waals surface area (Å²) in [6.45, 7) is 6.21. The van der Waals surface area contributed by atoms with Crippen molar-refractivity contribution in [3.63, 3.8) is 0 Å². The number of likely N-dealkylation sites (tertiary alicyclic amines) is 1. The number of carbonyl (C=O) groups is 2. The van der Waals surface area contributed by atoms with Gasteiger partial charge in [-0.15, -0.1) is 0 Å². The first-order chi connectivity index (χ1) is 11.8. The van der Waals surface area contributed by atoms with Gasteiger partial charge in [0.15, 0.2) is 0 Å². The van der Waals surface area contributed by atoms with Crippen LogP contribution in [0.5, 0.6) is 0 Å². The maximum Gasteiger partial charge on any atom is 0.410 e. The van der Waals surface area contributed by atoms with E-state index in [1.54, 1.807) is 29.2 Å². The summed E-state index contributed by atoms with van der Waals surface area (Å²) in [4.78, 5) is 26.1. The average Bonchev–Trinajstić information content (AvgIpc) is 2.55. The lowest BCUT2D eigenvalue weighted by Crippen LogP contribution is -2.48. The third kappa shape index (κ3) is 5.49. The van der Waals surface area contributed by atoms with Crippen LogP contribution in [0.4, 0.5) is 4.79 Å². The number of amides is 1. The van der Waals surface area contributed by atoms with Gasteiger partial charge in [-0.25, -0.2) is 9.59 Å². The largest absolute Gasteiger partial charge is 0.458 e. The predicted molar refractivity (Wildman–Crippen MR) is 91.8 cm³/mol. The minimum absolute atomic E-state index is 0.214. The number of hydrogen-bond donors (Lipinski definition) is 0. The zero-order valence-electron chi connectivity index (χ0n) is 14.9. The normalized spacial score (nSPS) is 20.5. The van der Waals surface area contributed by atoms with E-state index in [0.29, 0.717) is 25.1 Å². The van der Waals surface area contributed by atoms with Crippen LogP contribution in [0.1, 0.15) is 44.0 Å². The molecule has 1 amide bonds. The van der Waals surface area contributed by atoms with Crippen LogP contribution in [-0.4, -0.2) is 41.8 Å². The molecule has 0 saturated carbocycles. The topological polar surface area (TPSA) is 79.6 Å². The zero-order valence-corrected chi connectivity index (χ0v) is 14.9. The van der Waals surface area contributed by atoms with Gasteiger partial charge in [0.1, 0.15) is 11.7 Å². The highest BCUT2D eigenvalue weighted by molar-refractivity contribution is 5.89. The molecule has 1 aromatic rings. The molecule has 25 heavy (non-hydrogen) atoms. The maximum absolute atomic E-state index is 12.3. The quantitative estimate of drug-likeness (QED) is 0.785. The van der Waals surface area contributed by atoms with Crippen LogP contribution in [-0.2, 0) is 9.47 Å². The van der Waals surface area contributed by atoms with Gasteiger partial charge >= 0.3 is 12.1 Å². The van der Waals surface area contributed by atoms with Gasteiger partial charge in [-0.1, -0.05) is 18.2 Å². The minimum Gasteiger partial charge on any atom is -0.458 e. The highest BCUT2D eigenvalue weighted by Crippen LogP contribution is 2.25. The minimum atomic E-state index is -0.571. The van der Waals surface area contributed by atoms with E-state index in [0.717, 1.165) is 0 Å². The number of nitriles is 1.